The summed E-state index contributed by atoms with van der Waals surface area (Å²) in [5.74, 6) is 0.103. The summed E-state index contributed by atoms with van der Waals surface area (Å²) in [4.78, 5) is 12.0. The molecule has 0 saturated heterocycles. The van der Waals surface area contributed by atoms with Crippen LogP contribution in [0.3, 0.4) is 0 Å². The molecular formula is C15H16O4. The molecule has 100 valence electrons. The number of hydrogen-bond acceptors (Lipinski definition) is 4. The molecule has 1 aromatic heterocycles. The summed E-state index contributed by atoms with van der Waals surface area (Å²) < 4.78 is 10.2. The van der Waals surface area contributed by atoms with Gasteiger partial charge in [0.25, 0.3) is 0 Å². The average molecular weight is 260 g/mol. The van der Waals surface area contributed by atoms with Crippen molar-refractivity contribution < 1.29 is 14.3 Å². The molecule has 2 aromatic rings. The Morgan fingerprint density at radius 3 is 2.68 bits per heavy atom. The maximum Gasteiger partial charge on any atom is 0.340 e. The van der Waals surface area contributed by atoms with Crippen LogP contribution in [-0.4, -0.2) is 12.2 Å². The van der Waals surface area contributed by atoms with Crippen LogP contribution in [0.5, 0.6) is 11.5 Å². The minimum atomic E-state index is -0.496. The summed E-state index contributed by atoms with van der Waals surface area (Å²) in [5.41, 5.74) is -0.349. The van der Waals surface area contributed by atoms with Crippen molar-refractivity contribution in [3.05, 3.63) is 46.8 Å². The third-order valence-corrected chi connectivity index (χ3v) is 3.26. The van der Waals surface area contributed by atoms with E-state index < -0.39 is 11.0 Å². The molecule has 0 atom stereocenters. The third kappa shape index (κ3) is 2.10. The molecule has 4 heteroatoms. The summed E-state index contributed by atoms with van der Waals surface area (Å²) in [7, 11) is 1.44. The van der Waals surface area contributed by atoms with Crippen LogP contribution in [0.2, 0.25) is 0 Å². The molecule has 0 unspecified atom stereocenters. The lowest BCUT2D eigenvalue weighted by Crippen LogP contribution is -2.22. The summed E-state index contributed by atoms with van der Waals surface area (Å²) in [6.07, 6.45) is 1.69. The summed E-state index contributed by atoms with van der Waals surface area (Å²) in [5, 5.41) is 10.6. The Bertz CT molecular complexity index is 695. The van der Waals surface area contributed by atoms with Crippen molar-refractivity contribution in [3.8, 4) is 11.5 Å². The Balaban J connectivity index is 2.79. The van der Waals surface area contributed by atoms with E-state index in [-0.39, 0.29) is 17.1 Å². The van der Waals surface area contributed by atoms with Crippen molar-refractivity contribution in [1.29, 1.82) is 0 Å². The second-order valence-corrected chi connectivity index (χ2v) is 4.91. The van der Waals surface area contributed by atoms with Gasteiger partial charge >= 0.3 is 5.63 Å². The Kier molecular flexibility index (Phi) is 3.10. The molecule has 0 spiro atoms. The normalized spacial score (nSPS) is 11.5. The van der Waals surface area contributed by atoms with Crippen molar-refractivity contribution in [3.63, 3.8) is 0 Å². The van der Waals surface area contributed by atoms with Gasteiger partial charge in [0, 0.05) is 16.4 Å². The number of hydrogen-bond donors (Lipinski definition) is 1. The monoisotopic (exact) mass is 260 g/mol. The Hall–Kier alpha value is -2.23. The van der Waals surface area contributed by atoms with Crippen molar-refractivity contribution in [2.24, 2.45) is 0 Å². The van der Waals surface area contributed by atoms with Crippen LogP contribution in [0.4, 0.5) is 0 Å². The molecule has 0 radical (unpaired) electrons. The van der Waals surface area contributed by atoms with E-state index in [1.165, 1.54) is 7.11 Å². The van der Waals surface area contributed by atoms with E-state index in [9.17, 15) is 9.90 Å². The van der Waals surface area contributed by atoms with Gasteiger partial charge in [-0.3, -0.25) is 0 Å². The van der Waals surface area contributed by atoms with Crippen LogP contribution in [0.25, 0.3) is 11.0 Å². The largest absolute Gasteiger partial charge is 0.502 e. The molecule has 0 bridgehead atoms. The van der Waals surface area contributed by atoms with E-state index in [2.05, 4.69) is 6.58 Å². The number of aromatic hydroxyl groups is 1. The van der Waals surface area contributed by atoms with Gasteiger partial charge in [-0.1, -0.05) is 19.9 Å². The summed E-state index contributed by atoms with van der Waals surface area (Å²) in [6.45, 7) is 7.48. The molecule has 0 aliphatic heterocycles. The fourth-order valence-electron chi connectivity index (χ4n) is 1.88. The fourth-order valence-corrected chi connectivity index (χ4v) is 1.88. The van der Waals surface area contributed by atoms with Crippen LogP contribution >= 0.6 is 0 Å². The Morgan fingerprint density at radius 2 is 2.11 bits per heavy atom. The highest BCUT2D eigenvalue weighted by atomic mass is 16.5. The number of phenolic OH excluding ortho intramolecular Hbond substituents is 1. The summed E-state index contributed by atoms with van der Waals surface area (Å²) >= 11 is 0. The molecule has 4 nitrogen and oxygen atoms in total. The Morgan fingerprint density at radius 1 is 1.42 bits per heavy atom. The van der Waals surface area contributed by atoms with Gasteiger partial charge in [0.1, 0.15) is 0 Å². The molecule has 0 amide bonds. The topological polar surface area (TPSA) is 59.7 Å². The SMILES string of the molecule is C=CC(C)(C)c1cc2ccc(OC)c(O)c2oc1=O. The predicted octanol–water partition coefficient (Wildman–Crippen LogP) is 2.97. The number of allylic oxidation sites excluding steroid dienone is 1. The number of methoxy groups -OCH3 is 1. The highest BCUT2D eigenvalue weighted by Crippen LogP contribution is 2.35. The van der Waals surface area contributed by atoms with Gasteiger partial charge in [-0.2, -0.15) is 0 Å². The lowest BCUT2D eigenvalue weighted by Gasteiger charge is -2.19. The first-order valence-corrected chi connectivity index (χ1v) is 5.88. The van der Waals surface area contributed by atoms with Crippen LogP contribution in [0.1, 0.15) is 19.4 Å². The first-order chi connectivity index (χ1) is 8.90. The minimum Gasteiger partial charge on any atom is -0.502 e. The van der Waals surface area contributed by atoms with Gasteiger partial charge in [-0.15, -0.1) is 6.58 Å². The number of benzene rings is 1. The smallest absolute Gasteiger partial charge is 0.340 e. The Labute approximate surface area is 110 Å². The van der Waals surface area contributed by atoms with Gasteiger partial charge < -0.3 is 14.3 Å². The van der Waals surface area contributed by atoms with E-state index in [1.54, 1.807) is 24.3 Å². The molecule has 0 fully saturated rings. The molecule has 19 heavy (non-hydrogen) atoms. The van der Waals surface area contributed by atoms with E-state index in [0.29, 0.717) is 10.9 Å². The van der Waals surface area contributed by atoms with Crippen molar-refractivity contribution in [2.75, 3.05) is 7.11 Å². The average Bonchev–Trinajstić information content (AvgIpc) is 2.39. The van der Waals surface area contributed by atoms with Gasteiger partial charge in [0.2, 0.25) is 5.75 Å². The van der Waals surface area contributed by atoms with Crippen LogP contribution in [0.15, 0.2) is 40.1 Å². The molecule has 0 aliphatic carbocycles. The van der Waals surface area contributed by atoms with Crippen molar-refractivity contribution >= 4 is 11.0 Å². The zero-order chi connectivity index (χ0) is 14.2. The standard InChI is InChI=1S/C15H16O4/c1-5-15(2,3)10-8-9-6-7-11(18-4)12(16)13(9)19-14(10)17/h5-8,16H,1H2,2-4H3. The molecule has 0 aliphatic rings. The molecule has 1 heterocycles. The third-order valence-electron chi connectivity index (χ3n) is 3.26. The highest BCUT2D eigenvalue weighted by Gasteiger charge is 2.23. The molecule has 0 saturated carbocycles. The minimum absolute atomic E-state index is 0.132. The highest BCUT2D eigenvalue weighted by molar-refractivity contribution is 5.85. The number of fused-ring (bicyclic) bond motifs is 1. The van der Waals surface area contributed by atoms with E-state index in [1.807, 2.05) is 13.8 Å². The second kappa shape index (κ2) is 4.46. The molecule has 1 aromatic carbocycles. The van der Waals surface area contributed by atoms with Crippen molar-refractivity contribution in [1.82, 2.24) is 0 Å². The van der Waals surface area contributed by atoms with Gasteiger partial charge in [0.05, 0.1) is 7.11 Å². The number of phenols is 1. The van der Waals surface area contributed by atoms with Gasteiger partial charge in [-0.25, -0.2) is 4.79 Å². The lowest BCUT2D eigenvalue weighted by atomic mass is 9.85. The number of ether oxygens (including phenoxy) is 1. The van der Waals surface area contributed by atoms with Crippen LogP contribution < -0.4 is 10.4 Å². The maximum atomic E-state index is 12.0. The predicted molar refractivity (Wildman–Crippen MR) is 73.9 cm³/mol. The van der Waals surface area contributed by atoms with Gasteiger partial charge in [-0.05, 0) is 18.2 Å². The molecule has 2 rings (SSSR count). The van der Waals surface area contributed by atoms with Gasteiger partial charge in [0.15, 0.2) is 11.3 Å². The first kappa shape index (κ1) is 13.2. The van der Waals surface area contributed by atoms with E-state index in [0.717, 1.165) is 0 Å². The zero-order valence-electron chi connectivity index (χ0n) is 11.2. The van der Waals surface area contributed by atoms with Crippen LogP contribution in [-0.2, 0) is 5.41 Å². The maximum absolute atomic E-state index is 12.0. The zero-order valence-corrected chi connectivity index (χ0v) is 11.2. The first-order valence-electron chi connectivity index (χ1n) is 5.88. The van der Waals surface area contributed by atoms with E-state index in [4.69, 9.17) is 9.15 Å². The number of rotatable bonds is 3. The summed E-state index contributed by atoms with van der Waals surface area (Å²) in [6, 6.07) is 5.07. The molecule has 1 N–H and O–H groups in total. The van der Waals surface area contributed by atoms with Crippen LogP contribution in [0, 0.1) is 0 Å². The second-order valence-electron chi connectivity index (χ2n) is 4.91. The van der Waals surface area contributed by atoms with Crippen molar-refractivity contribution in [2.45, 2.75) is 19.3 Å². The molecular weight excluding hydrogens is 244 g/mol. The quantitative estimate of drug-likeness (QED) is 0.680. The van der Waals surface area contributed by atoms with E-state index >= 15 is 0 Å². The fraction of sp³-hybridized carbons (Fsp3) is 0.267. The lowest BCUT2D eigenvalue weighted by molar-refractivity contribution is 0.370.